The molecule has 100 valence electrons. The lowest BCUT2D eigenvalue weighted by atomic mass is 10.2. The van der Waals surface area contributed by atoms with E-state index in [-0.39, 0.29) is 0 Å². The molecule has 0 atom stereocenters. The van der Waals surface area contributed by atoms with Crippen LogP contribution in [0, 0.1) is 0 Å². The lowest BCUT2D eigenvalue weighted by Crippen LogP contribution is -2.25. The van der Waals surface area contributed by atoms with E-state index in [1.54, 1.807) is 30.3 Å². The third kappa shape index (κ3) is 4.16. The summed E-state index contributed by atoms with van der Waals surface area (Å²) in [6.45, 7) is 0.383. The highest BCUT2D eigenvalue weighted by Gasteiger charge is 2.11. The molecule has 0 aliphatic heterocycles. The van der Waals surface area contributed by atoms with Crippen molar-refractivity contribution in [1.82, 2.24) is 4.72 Å². The second kappa shape index (κ2) is 6.32. The number of benzene rings is 2. The van der Waals surface area contributed by atoms with Gasteiger partial charge in [-0.15, -0.1) is 0 Å². The number of nitrogens with one attached hydrogen (secondary N) is 1. The minimum atomic E-state index is -3.40. The first-order chi connectivity index (χ1) is 9.08. The van der Waals surface area contributed by atoms with Crippen LogP contribution in [0.15, 0.2) is 64.0 Å². The van der Waals surface area contributed by atoms with E-state index in [4.69, 9.17) is 0 Å². The SMILES string of the molecule is O=S(=O)(NCCc1cccc(Br)c1)c1ccccc1. The van der Waals surface area contributed by atoms with E-state index < -0.39 is 10.0 Å². The molecule has 0 aromatic heterocycles. The van der Waals surface area contributed by atoms with E-state index in [1.165, 1.54) is 0 Å². The summed E-state index contributed by atoms with van der Waals surface area (Å²) in [5.74, 6) is 0. The first-order valence-electron chi connectivity index (χ1n) is 5.87. The summed E-state index contributed by atoms with van der Waals surface area (Å²) < 4.78 is 27.5. The Hall–Kier alpha value is -1.17. The molecule has 3 nitrogen and oxygen atoms in total. The molecule has 2 aromatic carbocycles. The van der Waals surface area contributed by atoms with Crippen molar-refractivity contribution in [3.05, 3.63) is 64.6 Å². The van der Waals surface area contributed by atoms with Gasteiger partial charge in [0.05, 0.1) is 4.90 Å². The molecule has 0 spiro atoms. The lowest BCUT2D eigenvalue weighted by Gasteiger charge is -2.06. The topological polar surface area (TPSA) is 46.2 Å². The molecule has 0 aliphatic rings. The molecule has 0 aliphatic carbocycles. The highest BCUT2D eigenvalue weighted by molar-refractivity contribution is 9.10. The van der Waals surface area contributed by atoms with Crippen molar-refractivity contribution in [1.29, 1.82) is 0 Å². The van der Waals surface area contributed by atoms with Crippen LogP contribution < -0.4 is 4.72 Å². The Morgan fingerprint density at radius 3 is 2.42 bits per heavy atom. The van der Waals surface area contributed by atoms with Crippen LogP contribution in [0.1, 0.15) is 5.56 Å². The molecule has 0 saturated heterocycles. The zero-order valence-electron chi connectivity index (χ0n) is 10.2. The van der Waals surface area contributed by atoms with Crippen molar-refractivity contribution in [2.75, 3.05) is 6.54 Å². The maximum absolute atomic E-state index is 12.0. The van der Waals surface area contributed by atoms with Gasteiger partial charge in [-0.2, -0.15) is 0 Å². The Morgan fingerprint density at radius 1 is 1.00 bits per heavy atom. The summed E-state index contributed by atoms with van der Waals surface area (Å²) >= 11 is 3.39. The van der Waals surface area contributed by atoms with Crippen molar-refractivity contribution < 1.29 is 8.42 Å². The predicted molar refractivity (Wildman–Crippen MR) is 79.5 cm³/mol. The van der Waals surface area contributed by atoms with Gasteiger partial charge < -0.3 is 0 Å². The summed E-state index contributed by atoms with van der Waals surface area (Å²) in [4.78, 5) is 0.296. The van der Waals surface area contributed by atoms with Crippen LogP contribution in [0.25, 0.3) is 0 Å². The number of halogens is 1. The largest absolute Gasteiger partial charge is 0.240 e. The van der Waals surface area contributed by atoms with Crippen LogP contribution in [0.4, 0.5) is 0 Å². The molecule has 0 saturated carbocycles. The highest BCUT2D eigenvalue weighted by atomic mass is 79.9. The Morgan fingerprint density at radius 2 is 1.74 bits per heavy atom. The van der Waals surface area contributed by atoms with Crippen molar-refractivity contribution in [3.8, 4) is 0 Å². The van der Waals surface area contributed by atoms with Crippen LogP contribution in [0.5, 0.6) is 0 Å². The van der Waals surface area contributed by atoms with Gasteiger partial charge in [0.1, 0.15) is 0 Å². The molecule has 0 fully saturated rings. The van der Waals surface area contributed by atoms with Crippen molar-refractivity contribution >= 4 is 26.0 Å². The third-order valence-electron chi connectivity index (χ3n) is 2.65. The van der Waals surface area contributed by atoms with E-state index >= 15 is 0 Å². The molecule has 5 heteroatoms. The molecule has 1 N–H and O–H groups in total. The van der Waals surface area contributed by atoms with E-state index in [9.17, 15) is 8.42 Å². The first kappa shape index (κ1) is 14.2. The monoisotopic (exact) mass is 339 g/mol. The highest BCUT2D eigenvalue weighted by Crippen LogP contribution is 2.12. The van der Waals surface area contributed by atoms with Crippen LogP contribution in [-0.4, -0.2) is 15.0 Å². The fourth-order valence-corrected chi connectivity index (χ4v) is 3.20. The van der Waals surface area contributed by atoms with Gasteiger partial charge in [-0.05, 0) is 36.2 Å². The van der Waals surface area contributed by atoms with Gasteiger partial charge in [-0.3, -0.25) is 0 Å². The molecule has 0 amide bonds. The van der Waals surface area contributed by atoms with Gasteiger partial charge in [-0.25, -0.2) is 13.1 Å². The van der Waals surface area contributed by atoms with E-state index in [2.05, 4.69) is 20.7 Å². The van der Waals surface area contributed by atoms with E-state index in [0.29, 0.717) is 17.9 Å². The second-order valence-electron chi connectivity index (χ2n) is 4.09. The molecule has 2 rings (SSSR count). The number of hydrogen-bond donors (Lipinski definition) is 1. The number of rotatable bonds is 5. The molecule has 19 heavy (non-hydrogen) atoms. The quantitative estimate of drug-likeness (QED) is 0.910. The number of hydrogen-bond acceptors (Lipinski definition) is 2. The second-order valence-corrected chi connectivity index (χ2v) is 6.77. The third-order valence-corrected chi connectivity index (χ3v) is 4.62. The van der Waals surface area contributed by atoms with Crippen molar-refractivity contribution in [3.63, 3.8) is 0 Å². The summed E-state index contributed by atoms with van der Waals surface area (Å²) in [6.07, 6.45) is 0.658. The molecule has 0 heterocycles. The Labute approximate surface area is 121 Å². The zero-order valence-corrected chi connectivity index (χ0v) is 12.6. The van der Waals surface area contributed by atoms with Crippen LogP contribution in [0.2, 0.25) is 0 Å². The normalized spacial score (nSPS) is 11.4. The van der Waals surface area contributed by atoms with Gasteiger partial charge in [0, 0.05) is 11.0 Å². The summed E-state index contributed by atoms with van der Waals surface area (Å²) in [5, 5.41) is 0. The standard InChI is InChI=1S/C14H14BrNO2S/c15-13-6-4-5-12(11-13)9-10-16-19(17,18)14-7-2-1-3-8-14/h1-8,11,16H,9-10H2. The Balaban J connectivity index is 1.96. The predicted octanol–water partition coefficient (Wildman–Crippen LogP) is 2.97. The molecular formula is C14H14BrNO2S. The minimum absolute atomic E-state index is 0.296. The maximum atomic E-state index is 12.0. The summed E-state index contributed by atoms with van der Waals surface area (Å²) in [7, 11) is -3.40. The van der Waals surface area contributed by atoms with Gasteiger partial charge in [-0.1, -0.05) is 46.3 Å². The maximum Gasteiger partial charge on any atom is 0.240 e. The average Bonchev–Trinajstić information content (AvgIpc) is 2.40. The van der Waals surface area contributed by atoms with Crippen molar-refractivity contribution in [2.45, 2.75) is 11.3 Å². The Bertz CT molecular complexity index is 642. The van der Waals surface area contributed by atoms with E-state index in [1.807, 2.05) is 24.3 Å². The first-order valence-corrected chi connectivity index (χ1v) is 8.15. The molecule has 0 bridgehead atoms. The Kier molecular flexibility index (Phi) is 4.74. The lowest BCUT2D eigenvalue weighted by molar-refractivity contribution is 0.581. The van der Waals surface area contributed by atoms with Gasteiger partial charge in [0.25, 0.3) is 0 Å². The fraction of sp³-hybridized carbons (Fsp3) is 0.143. The van der Waals surface area contributed by atoms with Crippen LogP contribution in [0.3, 0.4) is 0 Å². The molecule has 0 radical (unpaired) electrons. The van der Waals surface area contributed by atoms with Gasteiger partial charge in [0.15, 0.2) is 0 Å². The fourth-order valence-electron chi connectivity index (χ4n) is 1.71. The van der Waals surface area contributed by atoms with Crippen LogP contribution >= 0.6 is 15.9 Å². The minimum Gasteiger partial charge on any atom is -0.211 e. The number of sulfonamides is 1. The average molecular weight is 340 g/mol. The molecule has 0 unspecified atom stereocenters. The van der Waals surface area contributed by atoms with Gasteiger partial charge in [0.2, 0.25) is 10.0 Å². The summed E-state index contributed by atoms with van der Waals surface area (Å²) in [5.41, 5.74) is 1.09. The molecular weight excluding hydrogens is 326 g/mol. The van der Waals surface area contributed by atoms with Gasteiger partial charge >= 0.3 is 0 Å². The smallest absolute Gasteiger partial charge is 0.211 e. The van der Waals surface area contributed by atoms with Crippen LogP contribution in [-0.2, 0) is 16.4 Å². The van der Waals surface area contributed by atoms with E-state index in [0.717, 1.165) is 10.0 Å². The molecule has 2 aromatic rings. The van der Waals surface area contributed by atoms with Crippen molar-refractivity contribution in [2.24, 2.45) is 0 Å². The summed E-state index contributed by atoms with van der Waals surface area (Å²) in [6, 6.07) is 16.2. The zero-order chi connectivity index (χ0) is 13.7.